The highest BCUT2D eigenvalue weighted by Crippen LogP contribution is 2.07. The Bertz CT molecular complexity index is 212. The van der Waals surface area contributed by atoms with Crippen molar-refractivity contribution in [2.45, 2.75) is 32.2 Å². The Morgan fingerprint density at radius 3 is 2.69 bits per heavy atom. The number of carbonyl (C=O) groups excluding carboxylic acids is 1. The highest BCUT2D eigenvalue weighted by atomic mass is 16.2. The predicted octanol–water partition coefficient (Wildman–Crippen LogP) is 0.539. The third kappa shape index (κ3) is 4.49. The first-order valence-electron chi connectivity index (χ1n) is 6.29. The monoisotopic (exact) mass is 227 g/mol. The van der Waals surface area contributed by atoms with Gasteiger partial charge in [-0.15, -0.1) is 0 Å². The molecule has 4 heteroatoms. The van der Waals surface area contributed by atoms with Crippen LogP contribution in [0.25, 0.3) is 0 Å². The largest absolute Gasteiger partial charge is 0.348 e. The lowest BCUT2D eigenvalue weighted by atomic mass is 10.2. The maximum absolute atomic E-state index is 11.7. The summed E-state index contributed by atoms with van der Waals surface area (Å²) in [5.41, 5.74) is 0. The first-order valence-corrected chi connectivity index (χ1v) is 6.29. The Morgan fingerprint density at radius 2 is 2.19 bits per heavy atom. The zero-order valence-electron chi connectivity index (χ0n) is 10.8. The quantitative estimate of drug-likeness (QED) is 0.719. The van der Waals surface area contributed by atoms with Gasteiger partial charge in [0.25, 0.3) is 0 Å². The Kier molecular flexibility index (Phi) is 5.77. The first kappa shape index (κ1) is 13.5. The van der Waals surface area contributed by atoms with E-state index < -0.39 is 0 Å². The zero-order chi connectivity index (χ0) is 12.0. The number of amides is 1. The van der Waals surface area contributed by atoms with E-state index in [0.717, 1.165) is 26.1 Å². The third-order valence-electron chi connectivity index (χ3n) is 3.04. The second-order valence-electron chi connectivity index (χ2n) is 4.82. The van der Waals surface area contributed by atoms with Crippen LogP contribution in [0.15, 0.2) is 0 Å². The van der Waals surface area contributed by atoms with Crippen molar-refractivity contribution in [1.29, 1.82) is 0 Å². The van der Waals surface area contributed by atoms with Crippen LogP contribution in [0.3, 0.4) is 0 Å². The summed E-state index contributed by atoms with van der Waals surface area (Å²) in [5, 5.41) is 3.48. The lowest BCUT2D eigenvalue weighted by Gasteiger charge is -2.25. The van der Waals surface area contributed by atoms with Gasteiger partial charge >= 0.3 is 0 Å². The molecular weight excluding hydrogens is 202 g/mol. The molecule has 1 heterocycles. The minimum atomic E-state index is 0.200. The maximum Gasteiger partial charge on any atom is 0.236 e. The highest BCUT2D eigenvalue weighted by molar-refractivity contribution is 5.77. The van der Waals surface area contributed by atoms with Crippen LogP contribution in [0.1, 0.15) is 26.2 Å². The van der Waals surface area contributed by atoms with Gasteiger partial charge in [-0.3, -0.25) is 9.69 Å². The molecule has 1 amide bonds. The highest BCUT2D eigenvalue weighted by Gasteiger charge is 2.19. The Hall–Kier alpha value is -0.610. The van der Waals surface area contributed by atoms with Crippen LogP contribution in [-0.4, -0.2) is 62.0 Å². The van der Waals surface area contributed by atoms with E-state index in [1.54, 1.807) is 4.90 Å². The number of nitrogens with one attached hydrogen (secondary N) is 1. The molecule has 1 N–H and O–H groups in total. The third-order valence-corrected chi connectivity index (χ3v) is 3.04. The summed E-state index contributed by atoms with van der Waals surface area (Å²) in [6.45, 7) is 5.87. The minimum absolute atomic E-state index is 0.200. The van der Waals surface area contributed by atoms with Crippen molar-refractivity contribution in [1.82, 2.24) is 15.1 Å². The molecule has 1 saturated heterocycles. The summed E-state index contributed by atoms with van der Waals surface area (Å²) in [6, 6.07) is 0.585. The molecule has 94 valence electrons. The summed E-state index contributed by atoms with van der Waals surface area (Å²) in [7, 11) is 3.64. The van der Waals surface area contributed by atoms with Crippen LogP contribution < -0.4 is 5.32 Å². The topological polar surface area (TPSA) is 35.6 Å². The summed E-state index contributed by atoms with van der Waals surface area (Å²) >= 11 is 0. The van der Waals surface area contributed by atoms with E-state index in [0.29, 0.717) is 12.6 Å². The van der Waals surface area contributed by atoms with Crippen molar-refractivity contribution in [3.05, 3.63) is 0 Å². The number of likely N-dealkylation sites (N-methyl/N-ethyl adjacent to an activating group) is 1. The fourth-order valence-corrected chi connectivity index (χ4v) is 2.11. The molecule has 0 spiro atoms. The van der Waals surface area contributed by atoms with Gasteiger partial charge in [-0.05, 0) is 32.4 Å². The summed E-state index contributed by atoms with van der Waals surface area (Å²) < 4.78 is 0. The molecule has 16 heavy (non-hydrogen) atoms. The van der Waals surface area contributed by atoms with E-state index in [9.17, 15) is 4.79 Å². The SMILES string of the molecule is CCCN(CC(=O)N(C)C)C[C@@H]1CCCN1. The van der Waals surface area contributed by atoms with Crippen molar-refractivity contribution in [3.63, 3.8) is 0 Å². The maximum atomic E-state index is 11.7. The van der Waals surface area contributed by atoms with E-state index in [1.165, 1.54) is 12.8 Å². The van der Waals surface area contributed by atoms with Crippen LogP contribution in [0.5, 0.6) is 0 Å². The Morgan fingerprint density at radius 1 is 1.44 bits per heavy atom. The summed E-state index contributed by atoms with van der Waals surface area (Å²) in [4.78, 5) is 15.6. The van der Waals surface area contributed by atoms with Gasteiger partial charge < -0.3 is 10.2 Å². The molecule has 1 aliphatic heterocycles. The Balaban J connectivity index is 2.36. The van der Waals surface area contributed by atoms with E-state index in [4.69, 9.17) is 0 Å². The molecule has 4 nitrogen and oxygen atoms in total. The van der Waals surface area contributed by atoms with E-state index in [1.807, 2.05) is 14.1 Å². The van der Waals surface area contributed by atoms with Crippen molar-refractivity contribution < 1.29 is 4.79 Å². The van der Waals surface area contributed by atoms with Crippen LogP contribution in [0, 0.1) is 0 Å². The standard InChI is InChI=1S/C12H25N3O/c1-4-8-15(10-12(16)14(2)3)9-11-6-5-7-13-11/h11,13H,4-10H2,1-3H3/t11-/m0/s1. The molecule has 0 aromatic carbocycles. The van der Waals surface area contributed by atoms with Gasteiger partial charge in [-0.2, -0.15) is 0 Å². The molecule has 0 aromatic rings. The lowest BCUT2D eigenvalue weighted by molar-refractivity contribution is -0.129. The van der Waals surface area contributed by atoms with Crippen LogP contribution >= 0.6 is 0 Å². The number of rotatable bonds is 6. The van der Waals surface area contributed by atoms with Gasteiger partial charge in [-0.1, -0.05) is 6.92 Å². The first-order chi connectivity index (χ1) is 7.63. The lowest BCUT2D eigenvalue weighted by Crippen LogP contribution is -2.43. The molecule has 1 aliphatic rings. The zero-order valence-corrected chi connectivity index (χ0v) is 10.8. The van der Waals surface area contributed by atoms with Crippen LogP contribution in [0.4, 0.5) is 0 Å². The van der Waals surface area contributed by atoms with Crippen molar-refractivity contribution in [3.8, 4) is 0 Å². The molecule has 1 fully saturated rings. The molecule has 0 aliphatic carbocycles. The minimum Gasteiger partial charge on any atom is -0.348 e. The normalized spacial score (nSPS) is 20.4. The molecule has 0 saturated carbocycles. The molecule has 0 unspecified atom stereocenters. The van der Waals surface area contributed by atoms with Gasteiger partial charge in [0.05, 0.1) is 6.54 Å². The second-order valence-corrected chi connectivity index (χ2v) is 4.82. The molecule has 1 atom stereocenters. The molecule has 0 aromatic heterocycles. The predicted molar refractivity (Wildman–Crippen MR) is 66.4 cm³/mol. The molecular formula is C12H25N3O. The molecule has 1 rings (SSSR count). The van der Waals surface area contributed by atoms with Crippen molar-refractivity contribution >= 4 is 5.91 Å². The second kappa shape index (κ2) is 6.86. The summed E-state index contributed by atoms with van der Waals surface area (Å²) in [6.07, 6.45) is 3.62. The van der Waals surface area contributed by atoms with Gasteiger partial charge in [0, 0.05) is 26.7 Å². The fraction of sp³-hybridized carbons (Fsp3) is 0.917. The molecule has 0 radical (unpaired) electrons. The van der Waals surface area contributed by atoms with Gasteiger partial charge in [0.2, 0.25) is 5.91 Å². The van der Waals surface area contributed by atoms with E-state index in [2.05, 4.69) is 17.1 Å². The van der Waals surface area contributed by atoms with Crippen LogP contribution in [0.2, 0.25) is 0 Å². The average Bonchev–Trinajstić information content (AvgIpc) is 2.70. The van der Waals surface area contributed by atoms with E-state index >= 15 is 0 Å². The van der Waals surface area contributed by atoms with Crippen molar-refractivity contribution in [2.75, 3.05) is 40.3 Å². The van der Waals surface area contributed by atoms with Gasteiger partial charge in [0.1, 0.15) is 0 Å². The number of nitrogens with zero attached hydrogens (tertiary/aromatic N) is 2. The van der Waals surface area contributed by atoms with Gasteiger partial charge in [0.15, 0.2) is 0 Å². The average molecular weight is 227 g/mol. The number of hydrogen-bond donors (Lipinski definition) is 1. The Labute approximate surface area is 99.0 Å². The molecule has 0 bridgehead atoms. The summed E-state index contributed by atoms with van der Waals surface area (Å²) in [5.74, 6) is 0.200. The smallest absolute Gasteiger partial charge is 0.236 e. The van der Waals surface area contributed by atoms with Crippen LogP contribution in [-0.2, 0) is 4.79 Å². The number of hydrogen-bond acceptors (Lipinski definition) is 3. The number of carbonyl (C=O) groups is 1. The van der Waals surface area contributed by atoms with Gasteiger partial charge in [-0.25, -0.2) is 0 Å². The van der Waals surface area contributed by atoms with Crippen molar-refractivity contribution in [2.24, 2.45) is 0 Å². The van der Waals surface area contributed by atoms with E-state index in [-0.39, 0.29) is 5.91 Å². The fourth-order valence-electron chi connectivity index (χ4n) is 2.11.